The minimum Gasteiger partial charge on any atom is -0.434 e. The number of alkyl halides is 2. The SMILES string of the molecule is FC(F)Oc1ccc(Br)cc1-c1nnc(C23CC4CC(CC(C4)C2)C3)o1. The molecule has 0 unspecified atom stereocenters. The van der Waals surface area contributed by atoms with Crippen molar-refractivity contribution >= 4 is 15.9 Å². The van der Waals surface area contributed by atoms with Crippen molar-refractivity contribution in [3.8, 4) is 17.2 Å². The first kappa shape index (κ1) is 16.7. The van der Waals surface area contributed by atoms with Gasteiger partial charge in [0.2, 0.25) is 5.89 Å². The Bertz CT molecular complexity index is 803. The smallest absolute Gasteiger partial charge is 0.387 e. The summed E-state index contributed by atoms with van der Waals surface area (Å²) in [6.07, 6.45) is 7.33. The summed E-state index contributed by atoms with van der Waals surface area (Å²) < 4.78 is 36.9. The van der Waals surface area contributed by atoms with E-state index >= 15 is 0 Å². The van der Waals surface area contributed by atoms with Gasteiger partial charge in [0.1, 0.15) is 5.75 Å². The standard InChI is InChI=1S/C19H19BrF2N2O2/c20-13-1-2-15(25-18(21)22)14(6-13)16-23-24-17(26-16)19-7-10-3-11(8-19)5-12(4-10)9-19/h1-2,6,10-12,18H,3-5,7-9H2. The van der Waals surface area contributed by atoms with E-state index in [1.54, 1.807) is 12.1 Å². The van der Waals surface area contributed by atoms with Crippen LogP contribution in [0.5, 0.6) is 5.75 Å². The van der Waals surface area contributed by atoms with E-state index in [1.165, 1.54) is 25.3 Å². The zero-order valence-corrected chi connectivity index (χ0v) is 15.7. The van der Waals surface area contributed by atoms with Crippen LogP contribution in [-0.2, 0) is 5.41 Å². The van der Waals surface area contributed by atoms with Crippen LogP contribution in [0.25, 0.3) is 11.5 Å². The fourth-order valence-corrected chi connectivity index (χ4v) is 6.15. The van der Waals surface area contributed by atoms with E-state index in [9.17, 15) is 8.78 Å². The van der Waals surface area contributed by atoms with Gasteiger partial charge in [-0.1, -0.05) is 15.9 Å². The van der Waals surface area contributed by atoms with Crippen LogP contribution in [0.1, 0.15) is 44.4 Å². The number of benzene rings is 1. The molecule has 4 bridgehead atoms. The van der Waals surface area contributed by atoms with E-state index in [0.29, 0.717) is 11.5 Å². The molecule has 2 aromatic rings. The number of ether oxygens (including phenoxy) is 1. The Balaban J connectivity index is 1.51. The summed E-state index contributed by atoms with van der Waals surface area (Å²) in [5, 5.41) is 8.55. The predicted molar refractivity (Wildman–Crippen MR) is 93.9 cm³/mol. The lowest BCUT2D eigenvalue weighted by Gasteiger charge is -2.55. The van der Waals surface area contributed by atoms with Crippen LogP contribution in [0.3, 0.4) is 0 Å². The lowest BCUT2D eigenvalue weighted by molar-refractivity contribution is -0.0495. The third-order valence-corrected chi connectivity index (χ3v) is 6.80. The fourth-order valence-electron chi connectivity index (χ4n) is 5.79. The molecule has 4 saturated carbocycles. The van der Waals surface area contributed by atoms with Crippen molar-refractivity contribution in [3.63, 3.8) is 0 Å². The third-order valence-electron chi connectivity index (χ3n) is 6.30. The number of halogens is 3. The fraction of sp³-hybridized carbons (Fsp3) is 0.579. The predicted octanol–water partition coefficient (Wildman–Crippen LogP) is 5.57. The molecule has 1 aromatic carbocycles. The number of aromatic nitrogens is 2. The van der Waals surface area contributed by atoms with Gasteiger partial charge in [-0.25, -0.2) is 0 Å². The molecular weight excluding hydrogens is 406 g/mol. The molecule has 0 spiro atoms. The summed E-state index contributed by atoms with van der Waals surface area (Å²) in [6.45, 7) is -2.90. The average Bonchev–Trinajstić information content (AvgIpc) is 3.05. The summed E-state index contributed by atoms with van der Waals surface area (Å²) in [6, 6.07) is 4.81. The number of rotatable bonds is 4. The maximum Gasteiger partial charge on any atom is 0.387 e. The van der Waals surface area contributed by atoms with Gasteiger partial charge in [0.05, 0.1) is 5.56 Å². The molecule has 7 heteroatoms. The topological polar surface area (TPSA) is 48.2 Å². The van der Waals surface area contributed by atoms with Gasteiger partial charge in [-0.3, -0.25) is 0 Å². The molecule has 26 heavy (non-hydrogen) atoms. The highest BCUT2D eigenvalue weighted by atomic mass is 79.9. The molecule has 1 aromatic heterocycles. The van der Waals surface area contributed by atoms with Crippen LogP contribution in [0.4, 0.5) is 8.78 Å². The molecule has 0 amide bonds. The summed E-state index contributed by atoms with van der Waals surface area (Å²) in [5.41, 5.74) is 0.374. The van der Waals surface area contributed by atoms with Gasteiger partial charge in [0.25, 0.3) is 5.89 Å². The Hall–Kier alpha value is -1.50. The first-order chi connectivity index (χ1) is 12.5. The van der Waals surface area contributed by atoms with Gasteiger partial charge in [0, 0.05) is 9.89 Å². The molecule has 4 aliphatic rings. The van der Waals surface area contributed by atoms with E-state index in [2.05, 4.69) is 30.9 Å². The van der Waals surface area contributed by atoms with Crippen molar-refractivity contribution < 1.29 is 17.9 Å². The molecule has 4 aliphatic carbocycles. The molecule has 0 aliphatic heterocycles. The highest BCUT2D eigenvalue weighted by Gasteiger charge is 2.54. The Morgan fingerprint density at radius 3 is 2.35 bits per heavy atom. The number of hydrogen-bond donors (Lipinski definition) is 0. The van der Waals surface area contributed by atoms with Crippen molar-refractivity contribution in [3.05, 3.63) is 28.6 Å². The van der Waals surface area contributed by atoms with Gasteiger partial charge in [-0.05, 0) is 74.5 Å². The maximum absolute atomic E-state index is 12.7. The molecule has 1 heterocycles. The molecule has 138 valence electrons. The monoisotopic (exact) mass is 424 g/mol. The van der Waals surface area contributed by atoms with Gasteiger partial charge < -0.3 is 9.15 Å². The summed E-state index contributed by atoms with van der Waals surface area (Å²) >= 11 is 3.37. The van der Waals surface area contributed by atoms with Crippen molar-refractivity contribution in [2.75, 3.05) is 0 Å². The Kier molecular flexibility index (Phi) is 3.85. The molecule has 0 saturated heterocycles. The third kappa shape index (κ3) is 2.75. The average molecular weight is 425 g/mol. The lowest BCUT2D eigenvalue weighted by atomic mass is 9.49. The van der Waals surface area contributed by atoms with E-state index in [1.807, 2.05) is 0 Å². The van der Waals surface area contributed by atoms with Crippen LogP contribution in [-0.4, -0.2) is 16.8 Å². The van der Waals surface area contributed by atoms with Crippen molar-refractivity contribution in [2.45, 2.75) is 50.6 Å². The van der Waals surface area contributed by atoms with Crippen molar-refractivity contribution in [1.82, 2.24) is 10.2 Å². The normalized spacial score (nSPS) is 32.4. The maximum atomic E-state index is 12.7. The van der Waals surface area contributed by atoms with Crippen LogP contribution >= 0.6 is 15.9 Å². The first-order valence-corrected chi connectivity index (χ1v) is 9.89. The van der Waals surface area contributed by atoms with E-state index in [0.717, 1.165) is 41.5 Å². The summed E-state index contributed by atoms with van der Waals surface area (Å²) in [5.74, 6) is 3.26. The summed E-state index contributed by atoms with van der Waals surface area (Å²) in [7, 11) is 0. The first-order valence-electron chi connectivity index (χ1n) is 9.09. The second kappa shape index (κ2) is 6.01. The molecule has 6 rings (SSSR count). The van der Waals surface area contributed by atoms with E-state index < -0.39 is 6.61 Å². The van der Waals surface area contributed by atoms with E-state index in [-0.39, 0.29) is 17.1 Å². The quantitative estimate of drug-likeness (QED) is 0.643. The zero-order valence-electron chi connectivity index (χ0n) is 14.1. The minimum atomic E-state index is -2.90. The van der Waals surface area contributed by atoms with Gasteiger partial charge in [0.15, 0.2) is 0 Å². The second-order valence-corrected chi connectivity index (χ2v) is 9.04. The van der Waals surface area contributed by atoms with Crippen LogP contribution in [0.15, 0.2) is 27.1 Å². The van der Waals surface area contributed by atoms with Crippen LogP contribution in [0, 0.1) is 17.8 Å². The van der Waals surface area contributed by atoms with Crippen molar-refractivity contribution in [1.29, 1.82) is 0 Å². The Morgan fingerprint density at radius 1 is 1.08 bits per heavy atom. The highest BCUT2D eigenvalue weighted by Crippen LogP contribution is 2.60. The van der Waals surface area contributed by atoms with Crippen LogP contribution < -0.4 is 4.74 Å². The summed E-state index contributed by atoms with van der Waals surface area (Å²) in [4.78, 5) is 0. The number of hydrogen-bond acceptors (Lipinski definition) is 4. The Morgan fingerprint density at radius 2 is 1.73 bits per heavy atom. The highest BCUT2D eigenvalue weighted by molar-refractivity contribution is 9.10. The Labute approximate surface area is 158 Å². The van der Waals surface area contributed by atoms with Gasteiger partial charge in [-0.2, -0.15) is 8.78 Å². The molecule has 4 fully saturated rings. The second-order valence-electron chi connectivity index (χ2n) is 8.13. The largest absolute Gasteiger partial charge is 0.434 e. The molecule has 4 nitrogen and oxygen atoms in total. The van der Waals surface area contributed by atoms with Crippen LogP contribution in [0.2, 0.25) is 0 Å². The van der Waals surface area contributed by atoms with Crippen molar-refractivity contribution in [2.24, 2.45) is 17.8 Å². The number of nitrogens with zero attached hydrogens (tertiary/aromatic N) is 2. The molecule has 0 radical (unpaired) electrons. The molecular formula is C19H19BrF2N2O2. The lowest BCUT2D eigenvalue weighted by Crippen LogP contribution is -2.48. The van der Waals surface area contributed by atoms with Gasteiger partial charge >= 0.3 is 6.61 Å². The zero-order chi connectivity index (χ0) is 17.9. The molecule has 0 N–H and O–H groups in total. The molecule has 0 atom stereocenters. The van der Waals surface area contributed by atoms with E-state index in [4.69, 9.17) is 4.42 Å². The minimum absolute atomic E-state index is 0.0181. The van der Waals surface area contributed by atoms with Gasteiger partial charge in [-0.15, -0.1) is 10.2 Å².